The zero-order valence-electron chi connectivity index (χ0n) is 7.87. The Bertz CT molecular complexity index is 530. The summed E-state index contributed by atoms with van der Waals surface area (Å²) < 4.78 is 0. The second-order valence-corrected chi connectivity index (χ2v) is 3.16. The third-order valence-corrected chi connectivity index (χ3v) is 2.20. The van der Waals surface area contributed by atoms with Gasteiger partial charge in [0.1, 0.15) is 0 Å². The second kappa shape index (κ2) is 3.14. The molecule has 0 aliphatic heterocycles. The van der Waals surface area contributed by atoms with Crippen LogP contribution in [0, 0.1) is 0 Å². The Kier molecular flexibility index (Phi) is 1.96. The Hall–Kier alpha value is -1.84. The van der Waals surface area contributed by atoms with Gasteiger partial charge in [-0.15, -0.1) is 0 Å². The van der Waals surface area contributed by atoms with Gasteiger partial charge in [0.05, 0.1) is 10.9 Å². The van der Waals surface area contributed by atoms with E-state index >= 15 is 0 Å². The predicted molar refractivity (Wildman–Crippen MR) is 56.2 cm³/mol. The highest BCUT2D eigenvalue weighted by molar-refractivity contribution is 5.79. The summed E-state index contributed by atoms with van der Waals surface area (Å²) in [4.78, 5) is 18.0. The van der Waals surface area contributed by atoms with Gasteiger partial charge in [-0.2, -0.15) is 0 Å². The number of H-pyrrole nitrogens is 1. The largest absolute Gasteiger partial charge is 0.369 e. The number of nitrogens with two attached hydrogens (primary N) is 1. The van der Waals surface area contributed by atoms with Gasteiger partial charge in [0.25, 0.3) is 5.56 Å². The first-order chi connectivity index (χ1) is 6.70. The van der Waals surface area contributed by atoms with Crippen LogP contribution in [0.4, 0.5) is 5.95 Å². The average Bonchev–Trinajstić information content (AvgIpc) is 2.17. The first-order valence-electron chi connectivity index (χ1n) is 4.49. The molecule has 2 aromatic rings. The van der Waals surface area contributed by atoms with Gasteiger partial charge in [0.2, 0.25) is 5.95 Å². The molecule has 0 unspecified atom stereocenters. The summed E-state index contributed by atoms with van der Waals surface area (Å²) in [6, 6.07) is 5.62. The molecular formula is C10H11N3O. The molecule has 14 heavy (non-hydrogen) atoms. The fourth-order valence-electron chi connectivity index (χ4n) is 1.42. The number of nitrogens with zero attached hydrogens (tertiary/aromatic N) is 1. The lowest BCUT2D eigenvalue weighted by molar-refractivity contribution is 1.13. The van der Waals surface area contributed by atoms with Crippen molar-refractivity contribution < 1.29 is 0 Å². The fraction of sp³-hybridized carbons (Fsp3) is 0.200. The molecule has 1 aromatic heterocycles. The van der Waals surface area contributed by atoms with Gasteiger partial charge in [-0.25, -0.2) is 4.98 Å². The fourth-order valence-corrected chi connectivity index (χ4v) is 1.42. The van der Waals surface area contributed by atoms with Gasteiger partial charge in [-0.3, -0.25) is 9.78 Å². The molecule has 0 spiro atoms. The van der Waals surface area contributed by atoms with Crippen molar-refractivity contribution in [3.05, 3.63) is 34.1 Å². The van der Waals surface area contributed by atoms with Gasteiger partial charge in [-0.1, -0.05) is 13.0 Å². The molecule has 0 radical (unpaired) electrons. The number of aryl methyl sites for hydroxylation is 1. The average molecular weight is 189 g/mol. The molecule has 0 amide bonds. The third-order valence-electron chi connectivity index (χ3n) is 2.20. The van der Waals surface area contributed by atoms with E-state index in [1.807, 2.05) is 25.1 Å². The number of fused-ring (bicyclic) bond motifs is 1. The number of anilines is 1. The van der Waals surface area contributed by atoms with Crippen molar-refractivity contribution >= 4 is 16.9 Å². The maximum atomic E-state index is 11.5. The standard InChI is InChI=1S/C10H11N3O/c1-2-6-3-4-8-7(5-6)9(14)13-10(11)12-8/h3-5H,2H2,1H3,(H3,11,12,13,14). The van der Waals surface area contributed by atoms with Crippen molar-refractivity contribution in [2.45, 2.75) is 13.3 Å². The maximum absolute atomic E-state index is 11.5. The van der Waals surface area contributed by atoms with Gasteiger partial charge in [0, 0.05) is 0 Å². The lowest BCUT2D eigenvalue weighted by Gasteiger charge is -2.00. The number of aromatic nitrogens is 2. The highest BCUT2D eigenvalue weighted by Gasteiger charge is 2.01. The molecule has 72 valence electrons. The summed E-state index contributed by atoms with van der Waals surface area (Å²) in [5.41, 5.74) is 7.01. The highest BCUT2D eigenvalue weighted by atomic mass is 16.1. The summed E-state index contributed by atoms with van der Waals surface area (Å²) in [6.45, 7) is 2.04. The zero-order chi connectivity index (χ0) is 10.1. The Morgan fingerprint density at radius 2 is 2.29 bits per heavy atom. The van der Waals surface area contributed by atoms with E-state index in [4.69, 9.17) is 5.73 Å². The van der Waals surface area contributed by atoms with E-state index in [1.54, 1.807) is 0 Å². The van der Waals surface area contributed by atoms with E-state index in [0.29, 0.717) is 10.9 Å². The van der Waals surface area contributed by atoms with Gasteiger partial charge in [-0.05, 0) is 24.1 Å². The molecule has 4 nitrogen and oxygen atoms in total. The smallest absolute Gasteiger partial charge is 0.260 e. The monoisotopic (exact) mass is 189 g/mol. The zero-order valence-corrected chi connectivity index (χ0v) is 7.87. The molecule has 0 saturated carbocycles. The number of benzene rings is 1. The Morgan fingerprint density at radius 1 is 1.50 bits per heavy atom. The maximum Gasteiger partial charge on any atom is 0.260 e. The summed E-state index contributed by atoms with van der Waals surface area (Å²) >= 11 is 0. The molecule has 0 aliphatic rings. The third kappa shape index (κ3) is 1.35. The van der Waals surface area contributed by atoms with Crippen molar-refractivity contribution in [2.24, 2.45) is 0 Å². The normalized spacial score (nSPS) is 10.6. The summed E-state index contributed by atoms with van der Waals surface area (Å²) in [5.74, 6) is 0.159. The topological polar surface area (TPSA) is 71.8 Å². The summed E-state index contributed by atoms with van der Waals surface area (Å²) in [6.07, 6.45) is 0.903. The van der Waals surface area contributed by atoms with Crippen LogP contribution in [0.15, 0.2) is 23.0 Å². The van der Waals surface area contributed by atoms with Gasteiger partial charge < -0.3 is 5.73 Å². The van der Waals surface area contributed by atoms with E-state index < -0.39 is 0 Å². The van der Waals surface area contributed by atoms with Crippen LogP contribution in [-0.2, 0) is 6.42 Å². The minimum absolute atomic E-state index is 0.159. The molecule has 3 N–H and O–H groups in total. The van der Waals surface area contributed by atoms with Crippen LogP contribution >= 0.6 is 0 Å². The van der Waals surface area contributed by atoms with Gasteiger partial charge in [0.15, 0.2) is 0 Å². The molecule has 0 aliphatic carbocycles. The van der Waals surface area contributed by atoms with E-state index in [1.165, 1.54) is 0 Å². The molecule has 0 bridgehead atoms. The lowest BCUT2D eigenvalue weighted by atomic mass is 10.1. The van der Waals surface area contributed by atoms with Crippen LogP contribution in [0.2, 0.25) is 0 Å². The SMILES string of the molecule is CCc1ccc2nc(N)[nH]c(=O)c2c1. The molecule has 0 fully saturated rings. The number of hydrogen-bond donors (Lipinski definition) is 2. The summed E-state index contributed by atoms with van der Waals surface area (Å²) in [5, 5.41) is 0.596. The molecule has 0 saturated heterocycles. The van der Waals surface area contributed by atoms with Crippen molar-refractivity contribution in [3.63, 3.8) is 0 Å². The van der Waals surface area contributed by atoms with Crippen molar-refractivity contribution in [1.29, 1.82) is 0 Å². The minimum atomic E-state index is -0.178. The van der Waals surface area contributed by atoms with Crippen molar-refractivity contribution in [1.82, 2.24) is 9.97 Å². The van der Waals surface area contributed by atoms with E-state index in [-0.39, 0.29) is 11.5 Å². The van der Waals surface area contributed by atoms with Crippen LogP contribution in [0.25, 0.3) is 10.9 Å². The van der Waals surface area contributed by atoms with Crippen LogP contribution in [0.5, 0.6) is 0 Å². The Labute approximate surface area is 80.8 Å². The number of nitrogen functional groups attached to an aromatic ring is 1. The predicted octanol–water partition coefficient (Wildman–Crippen LogP) is 1.07. The number of aromatic amines is 1. The Balaban J connectivity index is 2.82. The van der Waals surface area contributed by atoms with E-state index in [9.17, 15) is 4.79 Å². The molecule has 2 rings (SSSR count). The molecule has 4 heteroatoms. The number of hydrogen-bond acceptors (Lipinski definition) is 3. The van der Waals surface area contributed by atoms with E-state index in [2.05, 4.69) is 9.97 Å². The molecule has 1 aromatic carbocycles. The van der Waals surface area contributed by atoms with Crippen LogP contribution < -0.4 is 11.3 Å². The number of nitrogens with one attached hydrogen (secondary N) is 1. The minimum Gasteiger partial charge on any atom is -0.369 e. The van der Waals surface area contributed by atoms with Crippen LogP contribution in [-0.4, -0.2) is 9.97 Å². The lowest BCUT2D eigenvalue weighted by Crippen LogP contribution is -2.11. The molecular weight excluding hydrogens is 178 g/mol. The van der Waals surface area contributed by atoms with Crippen LogP contribution in [0.3, 0.4) is 0 Å². The molecule has 0 atom stereocenters. The molecule has 1 heterocycles. The number of rotatable bonds is 1. The van der Waals surface area contributed by atoms with E-state index in [0.717, 1.165) is 12.0 Å². The first kappa shape index (κ1) is 8.74. The first-order valence-corrected chi connectivity index (χ1v) is 4.49. The highest BCUT2D eigenvalue weighted by Crippen LogP contribution is 2.10. The van der Waals surface area contributed by atoms with Gasteiger partial charge >= 0.3 is 0 Å². The quantitative estimate of drug-likeness (QED) is 0.704. The summed E-state index contributed by atoms with van der Waals surface area (Å²) in [7, 11) is 0. The van der Waals surface area contributed by atoms with Crippen molar-refractivity contribution in [3.8, 4) is 0 Å². The van der Waals surface area contributed by atoms with Crippen molar-refractivity contribution in [2.75, 3.05) is 5.73 Å². The Morgan fingerprint density at radius 3 is 3.00 bits per heavy atom. The van der Waals surface area contributed by atoms with Crippen LogP contribution in [0.1, 0.15) is 12.5 Å². The second-order valence-electron chi connectivity index (χ2n) is 3.16.